The molecule has 27 heavy (non-hydrogen) atoms. The Morgan fingerprint density at radius 2 is 1.78 bits per heavy atom. The van der Waals surface area contributed by atoms with Gasteiger partial charge in [-0.1, -0.05) is 23.2 Å². The second kappa shape index (κ2) is 11.1. The van der Waals surface area contributed by atoms with E-state index in [2.05, 4.69) is 39.4 Å². The molecular formula is C19H31Cl2N5O. The minimum absolute atomic E-state index is 0.325. The third-order valence-corrected chi connectivity index (χ3v) is 5.19. The van der Waals surface area contributed by atoms with Crippen molar-refractivity contribution in [3.05, 3.63) is 33.8 Å². The normalized spacial score (nSPS) is 19.0. The van der Waals surface area contributed by atoms with Gasteiger partial charge in [-0.2, -0.15) is 0 Å². The summed E-state index contributed by atoms with van der Waals surface area (Å²) in [5.74, 6) is 0.700. The second-order valence-corrected chi connectivity index (χ2v) is 7.88. The van der Waals surface area contributed by atoms with Crippen LogP contribution in [0.1, 0.15) is 25.5 Å². The summed E-state index contributed by atoms with van der Waals surface area (Å²) in [4.78, 5) is 9.50. The Morgan fingerprint density at radius 3 is 2.37 bits per heavy atom. The summed E-state index contributed by atoms with van der Waals surface area (Å²) in [6.07, 6.45) is -0.722. The zero-order chi connectivity index (χ0) is 19.8. The van der Waals surface area contributed by atoms with Gasteiger partial charge in [-0.25, -0.2) is 0 Å². The van der Waals surface area contributed by atoms with Gasteiger partial charge >= 0.3 is 0 Å². The molecule has 0 radical (unpaired) electrons. The first kappa shape index (κ1) is 22.2. The number of piperazine rings is 1. The molecule has 2 atom stereocenters. The van der Waals surface area contributed by atoms with Crippen LogP contribution in [0.15, 0.2) is 23.2 Å². The zero-order valence-corrected chi connectivity index (χ0v) is 17.9. The molecule has 1 aliphatic heterocycles. The topological polar surface area (TPSA) is 63.1 Å². The first-order chi connectivity index (χ1) is 12.9. The van der Waals surface area contributed by atoms with E-state index in [9.17, 15) is 5.11 Å². The molecule has 0 saturated carbocycles. The van der Waals surface area contributed by atoms with Gasteiger partial charge in [0, 0.05) is 55.4 Å². The Balaban J connectivity index is 1.88. The molecule has 1 aromatic carbocycles. The van der Waals surface area contributed by atoms with Crippen LogP contribution in [0.3, 0.4) is 0 Å². The number of nitrogens with zero attached hydrogens (tertiary/aromatic N) is 3. The number of rotatable bonds is 7. The van der Waals surface area contributed by atoms with Crippen LogP contribution in [0, 0.1) is 0 Å². The fourth-order valence-electron chi connectivity index (χ4n) is 3.02. The highest BCUT2D eigenvalue weighted by Gasteiger charge is 2.19. The van der Waals surface area contributed by atoms with E-state index < -0.39 is 6.10 Å². The van der Waals surface area contributed by atoms with E-state index in [-0.39, 0.29) is 0 Å². The van der Waals surface area contributed by atoms with Gasteiger partial charge < -0.3 is 20.6 Å². The number of hydrogen-bond acceptors (Lipinski definition) is 4. The lowest BCUT2D eigenvalue weighted by Gasteiger charge is -2.35. The van der Waals surface area contributed by atoms with Crippen molar-refractivity contribution in [1.82, 2.24) is 20.4 Å². The van der Waals surface area contributed by atoms with Crippen molar-refractivity contribution in [2.24, 2.45) is 4.99 Å². The van der Waals surface area contributed by atoms with Crippen molar-refractivity contribution in [2.45, 2.75) is 26.0 Å². The van der Waals surface area contributed by atoms with Gasteiger partial charge in [-0.15, -0.1) is 0 Å². The van der Waals surface area contributed by atoms with Crippen molar-refractivity contribution in [3.63, 3.8) is 0 Å². The maximum atomic E-state index is 10.4. The Labute approximate surface area is 172 Å². The molecule has 6 nitrogen and oxygen atoms in total. The number of aliphatic imine (C=N–C) groups is 1. The average molecular weight is 416 g/mol. The van der Waals surface area contributed by atoms with Crippen molar-refractivity contribution in [3.8, 4) is 0 Å². The minimum Gasteiger partial charge on any atom is -0.387 e. The minimum atomic E-state index is -0.722. The highest BCUT2D eigenvalue weighted by Crippen LogP contribution is 2.23. The molecule has 0 amide bonds. The van der Waals surface area contributed by atoms with Crippen LogP contribution in [0.25, 0.3) is 0 Å². The molecule has 2 rings (SSSR count). The molecule has 0 aliphatic carbocycles. The summed E-state index contributed by atoms with van der Waals surface area (Å²) in [5.41, 5.74) is 0.682. The Bertz CT molecular complexity index is 600. The van der Waals surface area contributed by atoms with E-state index in [0.29, 0.717) is 40.7 Å². The average Bonchev–Trinajstić information content (AvgIpc) is 2.63. The fourth-order valence-corrected chi connectivity index (χ4v) is 3.56. The lowest BCUT2D eigenvalue weighted by atomic mass is 10.1. The standard InChI is InChI=1S/C19H31Cl2N5O/c1-4-22-19(23-12-14(2)26-7-5-25(3)6-8-26)24-13-18(27)15-9-16(20)11-17(21)10-15/h9-11,14,18,27H,4-8,12-13H2,1-3H3,(H2,22,23,24). The number of hydrogen-bond donors (Lipinski definition) is 3. The van der Waals surface area contributed by atoms with Crippen LogP contribution < -0.4 is 10.6 Å². The second-order valence-electron chi connectivity index (χ2n) is 7.01. The number of benzene rings is 1. The van der Waals surface area contributed by atoms with Crippen LogP contribution in [0.2, 0.25) is 10.0 Å². The predicted octanol–water partition coefficient (Wildman–Crippen LogP) is 2.22. The van der Waals surface area contributed by atoms with Gasteiger partial charge in [0.1, 0.15) is 0 Å². The molecule has 1 aliphatic rings. The van der Waals surface area contributed by atoms with Crippen molar-refractivity contribution < 1.29 is 5.11 Å². The lowest BCUT2D eigenvalue weighted by Crippen LogP contribution is -2.49. The maximum absolute atomic E-state index is 10.4. The molecule has 2 unspecified atom stereocenters. The molecule has 1 heterocycles. The SMILES string of the molecule is CCNC(=NCC(C)N1CCN(C)CC1)NCC(O)c1cc(Cl)cc(Cl)c1. The van der Waals surface area contributed by atoms with Crippen LogP contribution in [-0.4, -0.2) is 79.8 Å². The number of nitrogens with one attached hydrogen (secondary N) is 2. The van der Waals surface area contributed by atoms with Gasteiger partial charge in [-0.05, 0) is 44.7 Å². The molecular weight excluding hydrogens is 385 g/mol. The van der Waals surface area contributed by atoms with Crippen LogP contribution in [0.4, 0.5) is 0 Å². The summed E-state index contributed by atoms with van der Waals surface area (Å²) >= 11 is 12.0. The van der Waals surface area contributed by atoms with E-state index in [4.69, 9.17) is 23.2 Å². The molecule has 1 aromatic rings. The van der Waals surface area contributed by atoms with Crippen LogP contribution in [-0.2, 0) is 0 Å². The predicted molar refractivity (Wildman–Crippen MR) is 114 cm³/mol. The maximum Gasteiger partial charge on any atom is 0.191 e. The highest BCUT2D eigenvalue weighted by molar-refractivity contribution is 6.34. The van der Waals surface area contributed by atoms with Gasteiger partial charge in [0.05, 0.1) is 12.6 Å². The molecule has 8 heteroatoms. The quantitative estimate of drug-likeness (QED) is 0.470. The van der Waals surface area contributed by atoms with Crippen molar-refractivity contribution in [2.75, 3.05) is 52.9 Å². The smallest absolute Gasteiger partial charge is 0.191 e. The first-order valence-electron chi connectivity index (χ1n) is 9.48. The number of aliphatic hydroxyl groups is 1. The van der Waals surface area contributed by atoms with E-state index in [1.54, 1.807) is 18.2 Å². The number of aliphatic hydroxyl groups excluding tert-OH is 1. The van der Waals surface area contributed by atoms with Gasteiger partial charge in [0.25, 0.3) is 0 Å². The lowest BCUT2D eigenvalue weighted by molar-refractivity contribution is 0.122. The summed E-state index contributed by atoms with van der Waals surface area (Å²) in [6.45, 7) is 10.4. The van der Waals surface area contributed by atoms with Gasteiger partial charge in [-0.3, -0.25) is 9.89 Å². The van der Waals surface area contributed by atoms with Crippen molar-refractivity contribution >= 4 is 29.2 Å². The van der Waals surface area contributed by atoms with E-state index >= 15 is 0 Å². The molecule has 3 N–H and O–H groups in total. The largest absolute Gasteiger partial charge is 0.387 e. The summed E-state index contributed by atoms with van der Waals surface area (Å²) in [7, 11) is 2.16. The summed E-state index contributed by atoms with van der Waals surface area (Å²) in [5, 5.41) is 17.9. The first-order valence-corrected chi connectivity index (χ1v) is 10.2. The van der Waals surface area contributed by atoms with Gasteiger partial charge in [0.2, 0.25) is 0 Å². The Hall–Kier alpha value is -1.05. The van der Waals surface area contributed by atoms with Crippen LogP contribution >= 0.6 is 23.2 Å². The molecule has 0 aromatic heterocycles. The number of guanidine groups is 1. The third kappa shape index (κ3) is 7.47. The summed E-state index contributed by atoms with van der Waals surface area (Å²) in [6, 6.07) is 5.47. The molecule has 0 spiro atoms. The molecule has 1 fully saturated rings. The Kier molecular flexibility index (Phi) is 9.12. The highest BCUT2D eigenvalue weighted by atomic mass is 35.5. The monoisotopic (exact) mass is 415 g/mol. The zero-order valence-electron chi connectivity index (χ0n) is 16.4. The number of likely N-dealkylation sites (N-methyl/N-ethyl adjacent to an activating group) is 1. The van der Waals surface area contributed by atoms with E-state index in [1.807, 2.05) is 6.92 Å². The van der Waals surface area contributed by atoms with Gasteiger partial charge in [0.15, 0.2) is 5.96 Å². The summed E-state index contributed by atoms with van der Waals surface area (Å²) < 4.78 is 0. The Morgan fingerprint density at radius 1 is 1.15 bits per heavy atom. The molecule has 1 saturated heterocycles. The van der Waals surface area contributed by atoms with Crippen molar-refractivity contribution in [1.29, 1.82) is 0 Å². The molecule has 152 valence electrons. The third-order valence-electron chi connectivity index (χ3n) is 4.75. The van der Waals surface area contributed by atoms with E-state index in [0.717, 1.165) is 32.7 Å². The number of halogens is 2. The fraction of sp³-hybridized carbons (Fsp3) is 0.632. The van der Waals surface area contributed by atoms with E-state index in [1.165, 1.54) is 0 Å². The molecule has 0 bridgehead atoms. The van der Waals surface area contributed by atoms with Crippen LogP contribution in [0.5, 0.6) is 0 Å².